The highest BCUT2D eigenvalue weighted by Gasteiger charge is 2.41. The Kier molecular flexibility index (Phi) is 11.6. The van der Waals surface area contributed by atoms with Crippen molar-refractivity contribution >= 4 is 34.4 Å². The Labute approximate surface area is 275 Å². The minimum Gasteiger partial charge on any atom is -0.493 e. The molecule has 3 aromatic rings. The quantitative estimate of drug-likeness (QED) is 0.171. The molecule has 0 saturated heterocycles. The van der Waals surface area contributed by atoms with E-state index in [9.17, 15) is 42.5 Å². The van der Waals surface area contributed by atoms with E-state index < -0.39 is 54.2 Å². The van der Waals surface area contributed by atoms with E-state index in [0.29, 0.717) is 9.13 Å². The lowest BCUT2D eigenvalue weighted by Crippen LogP contribution is -2.55. The van der Waals surface area contributed by atoms with E-state index >= 15 is 0 Å². The number of aliphatic hydroxyl groups is 3. The van der Waals surface area contributed by atoms with Crippen molar-refractivity contribution < 1.29 is 51.9 Å². The molecule has 0 aromatic heterocycles. The molecule has 4 N–H and O–H groups in total. The van der Waals surface area contributed by atoms with E-state index in [1.807, 2.05) is 22.6 Å². The maximum atomic E-state index is 14.9. The molecule has 0 saturated carbocycles. The molecule has 0 spiro atoms. The fourth-order valence-electron chi connectivity index (χ4n) is 5.01. The van der Waals surface area contributed by atoms with Gasteiger partial charge in [0.15, 0.2) is 11.5 Å². The normalized spacial score (nSPS) is 18.0. The van der Waals surface area contributed by atoms with Crippen LogP contribution in [0.2, 0.25) is 0 Å². The molecule has 3 atom stereocenters. The standard InChI is InChI=1S/C32H31F4IN2O7/c1-45-27-13-18(17-41)12-24(37)29(27)46-26-15-21(30(43)38-10-11-40)14-25(28(26)42)39(16-20-4-2-3-5-23(20)33)31(44)19-6-8-22(9-7-19)32(34,35)36/h2-9,12-13,15,25-26,28,40-42H,10-11,14,16-17H2,1H3,(H,38,43). The number of methoxy groups -OCH3 is 1. The number of halogens is 5. The monoisotopic (exact) mass is 758 g/mol. The number of carbonyl (C=O) groups excluding carboxylic acids is 2. The van der Waals surface area contributed by atoms with Crippen molar-refractivity contribution in [2.45, 2.75) is 44.0 Å². The van der Waals surface area contributed by atoms with E-state index in [0.717, 1.165) is 29.2 Å². The zero-order valence-corrected chi connectivity index (χ0v) is 26.6. The van der Waals surface area contributed by atoms with Gasteiger partial charge in [0, 0.05) is 36.2 Å². The van der Waals surface area contributed by atoms with Crippen molar-refractivity contribution in [1.29, 1.82) is 0 Å². The van der Waals surface area contributed by atoms with Crippen molar-refractivity contribution in [3.63, 3.8) is 0 Å². The van der Waals surface area contributed by atoms with Crippen LogP contribution >= 0.6 is 22.6 Å². The predicted octanol–water partition coefficient (Wildman–Crippen LogP) is 4.21. The van der Waals surface area contributed by atoms with E-state index in [2.05, 4.69) is 5.32 Å². The fourth-order valence-corrected chi connectivity index (χ4v) is 5.80. The van der Waals surface area contributed by atoms with Crippen molar-refractivity contribution in [1.82, 2.24) is 10.2 Å². The van der Waals surface area contributed by atoms with Gasteiger partial charge in [0.25, 0.3) is 5.91 Å². The molecular weight excluding hydrogens is 727 g/mol. The number of ether oxygens (including phenoxy) is 2. The molecule has 3 aromatic carbocycles. The summed E-state index contributed by atoms with van der Waals surface area (Å²) in [5.74, 6) is -1.72. The molecular formula is C32H31F4IN2O7. The van der Waals surface area contributed by atoms with E-state index in [1.54, 1.807) is 12.1 Å². The number of hydrogen-bond donors (Lipinski definition) is 4. The van der Waals surface area contributed by atoms with Gasteiger partial charge < -0.3 is 35.0 Å². The number of nitrogens with zero attached hydrogens (tertiary/aromatic N) is 1. The van der Waals surface area contributed by atoms with Crippen LogP contribution in [0.5, 0.6) is 11.5 Å². The Balaban J connectivity index is 1.79. The average molecular weight is 759 g/mol. The maximum absolute atomic E-state index is 14.9. The smallest absolute Gasteiger partial charge is 0.416 e. The van der Waals surface area contributed by atoms with Crippen LogP contribution in [0.1, 0.15) is 33.5 Å². The van der Waals surface area contributed by atoms with Gasteiger partial charge in [0.1, 0.15) is 18.0 Å². The second-order valence-corrected chi connectivity index (χ2v) is 11.5. The first kappa shape index (κ1) is 35.1. The lowest BCUT2D eigenvalue weighted by molar-refractivity contribution is -0.137. The lowest BCUT2D eigenvalue weighted by atomic mass is 9.87. The zero-order valence-electron chi connectivity index (χ0n) is 24.4. The molecule has 246 valence electrons. The van der Waals surface area contributed by atoms with Gasteiger partial charge in [0.2, 0.25) is 5.91 Å². The number of aliphatic hydroxyl groups excluding tert-OH is 3. The summed E-state index contributed by atoms with van der Waals surface area (Å²) in [5, 5.41) is 33.1. The van der Waals surface area contributed by atoms with Crippen LogP contribution in [0.3, 0.4) is 0 Å². The van der Waals surface area contributed by atoms with Crippen molar-refractivity contribution in [2.75, 3.05) is 20.3 Å². The summed E-state index contributed by atoms with van der Waals surface area (Å²) in [7, 11) is 1.38. The van der Waals surface area contributed by atoms with E-state index in [4.69, 9.17) is 9.47 Å². The van der Waals surface area contributed by atoms with Crippen molar-refractivity contribution in [2.24, 2.45) is 0 Å². The van der Waals surface area contributed by atoms with E-state index in [1.165, 1.54) is 37.5 Å². The number of carbonyl (C=O) groups is 2. The third-order valence-electron chi connectivity index (χ3n) is 7.36. The van der Waals surface area contributed by atoms with Crippen LogP contribution in [-0.2, 0) is 24.1 Å². The first-order valence-corrected chi connectivity index (χ1v) is 15.1. The largest absolute Gasteiger partial charge is 0.493 e. The molecule has 1 aliphatic carbocycles. The molecule has 9 nitrogen and oxygen atoms in total. The molecule has 0 aliphatic heterocycles. The molecule has 0 radical (unpaired) electrons. The number of alkyl halides is 3. The Morgan fingerprint density at radius 1 is 1.09 bits per heavy atom. The van der Waals surface area contributed by atoms with Gasteiger partial charge >= 0.3 is 6.18 Å². The number of benzene rings is 3. The summed E-state index contributed by atoms with van der Waals surface area (Å²) < 4.78 is 66.7. The third-order valence-corrected chi connectivity index (χ3v) is 8.16. The second-order valence-electron chi connectivity index (χ2n) is 10.4. The zero-order chi connectivity index (χ0) is 33.6. The van der Waals surface area contributed by atoms with Gasteiger partial charge in [-0.2, -0.15) is 13.2 Å². The number of hydrogen-bond acceptors (Lipinski definition) is 7. The summed E-state index contributed by atoms with van der Waals surface area (Å²) in [6.45, 7) is -1.14. The molecule has 14 heteroatoms. The number of amides is 2. The van der Waals surface area contributed by atoms with Gasteiger partial charge in [-0.25, -0.2) is 4.39 Å². The van der Waals surface area contributed by atoms with Gasteiger partial charge in [-0.15, -0.1) is 0 Å². The highest BCUT2D eigenvalue weighted by molar-refractivity contribution is 14.1. The van der Waals surface area contributed by atoms with Gasteiger partial charge in [-0.3, -0.25) is 9.59 Å². The van der Waals surface area contributed by atoms with Crippen LogP contribution in [0.15, 0.2) is 72.3 Å². The predicted molar refractivity (Wildman–Crippen MR) is 166 cm³/mol. The molecule has 4 rings (SSSR count). The summed E-state index contributed by atoms with van der Waals surface area (Å²) >= 11 is 1.95. The van der Waals surface area contributed by atoms with Crippen molar-refractivity contribution in [3.05, 3.63) is 104 Å². The summed E-state index contributed by atoms with van der Waals surface area (Å²) in [5.41, 5.74) is -0.478. The number of rotatable bonds is 11. The van der Waals surface area contributed by atoms with Crippen LogP contribution in [0.4, 0.5) is 17.6 Å². The van der Waals surface area contributed by atoms with Crippen LogP contribution in [0.25, 0.3) is 0 Å². The highest BCUT2D eigenvalue weighted by atomic mass is 127. The Morgan fingerprint density at radius 3 is 2.39 bits per heavy atom. The minimum absolute atomic E-state index is 0.0593. The Bertz CT molecular complexity index is 1580. The molecule has 0 heterocycles. The highest BCUT2D eigenvalue weighted by Crippen LogP contribution is 2.38. The molecule has 0 fully saturated rings. The molecule has 3 unspecified atom stereocenters. The van der Waals surface area contributed by atoms with E-state index in [-0.39, 0.29) is 54.4 Å². The SMILES string of the molecule is COc1cc(CO)cc(I)c1OC1C=C(C(=O)NCCO)CC(N(Cc2ccccc2F)C(=O)c2ccc(C(F)(F)F)cc2)C1O. The van der Waals surface area contributed by atoms with Crippen LogP contribution in [-0.4, -0.2) is 70.5 Å². The molecule has 1 aliphatic rings. The first-order chi connectivity index (χ1) is 21.9. The molecule has 46 heavy (non-hydrogen) atoms. The minimum atomic E-state index is -4.64. The lowest BCUT2D eigenvalue weighted by Gasteiger charge is -2.40. The van der Waals surface area contributed by atoms with Crippen molar-refractivity contribution in [3.8, 4) is 11.5 Å². The summed E-state index contributed by atoms with van der Waals surface area (Å²) in [6, 6.07) is 11.0. The second kappa shape index (κ2) is 15.2. The topological polar surface area (TPSA) is 129 Å². The third kappa shape index (κ3) is 8.15. The molecule has 0 bridgehead atoms. The van der Waals surface area contributed by atoms with Crippen LogP contribution in [0, 0.1) is 9.39 Å². The number of nitrogens with one attached hydrogen (secondary N) is 1. The average Bonchev–Trinajstić information content (AvgIpc) is 3.04. The fraction of sp³-hybridized carbons (Fsp3) is 0.312. The summed E-state index contributed by atoms with van der Waals surface area (Å²) in [6.07, 6.45) is -6.32. The van der Waals surface area contributed by atoms with Gasteiger partial charge in [-0.05, 0) is 76.7 Å². The Morgan fingerprint density at radius 2 is 1.78 bits per heavy atom. The van der Waals surface area contributed by atoms with Gasteiger partial charge in [0.05, 0.1) is 35.5 Å². The van der Waals surface area contributed by atoms with Crippen LogP contribution < -0.4 is 14.8 Å². The Hall–Kier alpha value is -3.73. The first-order valence-electron chi connectivity index (χ1n) is 14.0. The van der Waals surface area contributed by atoms with Gasteiger partial charge in [-0.1, -0.05) is 18.2 Å². The molecule has 2 amide bonds. The summed E-state index contributed by atoms with van der Waals surface area (Å²) in [4.78, 5) is 28.2. The maximum Gasteiger partial charge on any atom is 0.416 e.